The third-order valence-electron chi connectivity index (χ3n) is 3.48. The van der Waals surface area contributed by atoms with Gasteiger partial charge < -0.3 is 15.0 Å². The number of halogens is 1. The van der Waals surface area contributed by atoms with E-state index in [4.69, 9.17) is 16.3 Å². The maximum absolute atomic E-state index is 12.3. The molecule has 0 aliphatic carbocycles. The van der Waals surface area contributed by atoms with Gasteiger partial charge in [-0.25, -0.2) is 0 Å². The van der Waals surface area contributed by atoms with Gasteiger partial charge >= 0.3 is 0 Å². The Morgan fingerprint density at radius 3 is 2.54 bits per heavy atom. The van der Waals surface area contributed by atoms with Gasteiger partial charge in [0.15, 0.2) is 6.10 Å². The number of benzene rings is 2. The molecule has 0 aliphatic rings. The predicted octanol–water partition coefficient (Wildman–Crippen LogP) is 3.73. The lowest BCUT2D eigenvalue weighted by Gasteiger charge is -2.18. The van der Waals surface area contributed by atoms with Crippen molar-refractivity contribution in [2.45, 2.75) is 20.0 Å². The van der Waals surface area contributed by atoms with Gasteiger partial charge in [0.2, 0.25) is 5.91 Å². The molecule has 1 atom stereocenters. The van der Waals surface area contributed by atoms with Crippen LogP contribution in [0, 0.1) is 0 Å². The summed E-state index contributed by atoms with van der Waals surface area (Å²) in [6.45, 7) is 3.12. The standard InChI is InChI=1S/C18H19ClN2O3/c1-12(24-17-10-5-4-9-16(17)19)18(23)20-14-7-6-8-15(11-14)21(3)13(2)22/h4-12H,1-3H3,(H,20,23). The molecule has 0 saturated carbocycles. The highest BCUT2D eigenvalue weighted by Crippen LogP contribution is 2.25. The van der Waals surface area contributed by atoms with Gasteiger partial charge in [-0.05, 0) is 37.3 Å². The first-order valence-electron chi connectivity index (χ1n) is 7.45. The number of carbonyl (C=O) groups excluding carboxylic acids is 2. The van der Waals surface area contributed by atoms with Crippen molar-refractivity contribution in [1.29, 1.82) is 0 Å². The Kier molecular flexibility index (Phi) is 5.82. The number of nitrogens with one attached hydrogen (secondary N) is 1. The molecule has 0 heterocycles. The molecular weight excluding hydrogens is 328 g/mol. The lowest BCUT2D eigenvalue weighted by atomic mass is 10.2. The number of rotatable bonds is 5. The SMILES string of the molecule is CC(=O)N(C)c1cccc(NC(=O)C(C)Oc2ccccc2Cl)c1. The number of amides is 2. The van der Waals surface area contributed by atoms with Crippen LogP contribution in [0.25, 0.3) is 0 Å². The number of nitrogens with zero attached hydrogens (tertiary/aromatic N) is 1. The first-order valence-corrected chi connectivity index (χ1v) is 7.82. The predicted molar refractivity (Wildman–Crippen MR) is 95.7 cm³/mol. The van der Waals surface area contributed by atoms with Crippen molar-refractivity contribution in [2.24, 2.45) is 0 Å². The summed E-state index contributed by atoms with van der Waals surface area (Å²) in [6, 6.07) is 14.0. The summed E-state index contributed by atoms with van der Waals surface area (Å²) in [5.41, 5.74) is 1.28. The number of ether oxygens (including phenoxy) is 1. The van der Waals surface area contributed by atoms with Gasteiger partial charge in [-0.1, -0.05) is 29.8 Å². The molecule has 0 spiro atoms. The normalized spacial score (nSPS) is 11.5. The van der Waals surface area contributed by atoms with Crippen molar-refractivity contribution < 1.29 is 14.3 Å². The number of carbonyl (C=O) groups is 2. The Morgan fingerprint density at radius 1 is 1.17 bits per heavy atom. The van der Waals surface area contributed by atoms with E-state index in [1.807, 2.05) is 0 Å². The van der Waals surface area contributed by atoms with Crippen molar-refractivity contribution in [2.75, 3.05) is 17.3 Å². The molecular formula is C18H19ClN2O3. The van der Waals surface area contributed by atoms with Gasteiger partial charge in [-0.2, -0.15) is 0 Å². The Bertz CT molecular complexity index is 749. The number of para-hydroxylation sites is 1. The number of hydrogen-bond acceptors (Lipinski definition) is 3. The first kappa shape index (κ1) is 17.8. The van der Waals surface area contributed by atoms with Crippen molar-refractivity contribution in [3.8, 4) is 5.75 Å². The Balaban J connectivity index is 2.05. The molecule has 0 fully saturated rings. The molecule has 2 rings (SSSR count). The molecule has 1 N–H and O–H groups in total. The summed E-state index contributed by atoms with van der Waals surface area (Å²) in [6.07, 6.45) is -0.723. The molecule has 0 saturated heterocycles. The van der Waals surface area contributed by atoms with Crippen LogP contribution in [-0.2, 0) is 9.59 Å². The summed E-state index contributed by atoms with van der Waals surface area (Å²) in [7, 11) is 1.67. The fourth-order valence-electron chi connectivity index (χ4n) is 2.00. The van der Waals surface area contributed by atoms with Crippen molar-refractivity contribution in [3.63, 3.8) is 0 Å². The average Bonchev–Trinajstić information content (AvgIpc) is 2.56. The Hall–Kier alpha value is -2.53. The van der Waals surface area contributed by atoms with Crippen LogP contribution < -0.4 is 15.0 Å². The fraction of sp³-hybridized carbons (Fsp3) is 0.222. The maximum atomic E-state index is 12.3. The largest absolute Gasteiger partial charge is 0.479 e. The molecule has 5 nitrogen and oxygen atoms in total. The third kappa shape index (κ3) is 4.49. The molecule has 6 heteroatoms. The van der Waals surface area contributed by atoms with E-state index in [9.17, 15) is 9.59 Å². The topological polar surface area (TPSA) is 58.6 Å². The molecule has 2 aromatic rings. The monoisotopic (exact) mass is 346 g/mol. The van der Waals surface area contributed by atoms with Crippen LogP contribution in [0.15, 0.2) is 48.5 Å². The molecule has 0 radical (unpaired) electrons. The molecule has 126 valence electrons. The van der Waals surface area contributed by atoms with Crippen molar-refractivity contribution >= 4 is 34.8 Å². The second kappa shape index (κ2) is 7.84. The van der Waals surface area contributed by atoms with E-state index in [0.717, 1.165) is 0 Å². The Labute approximate surface area is 146 Å². The van der Waals surface area contributed by atoms with Gasteiger partial charge in [0.05, 0.1) is 5.02 Å². The first-order chi connectivity index (χ1) is 11.4. The van der Waals surface area contributed by atoms with Crippen LogP contribution in [-0.4, -0.2) is 25.0 Å². The lowest BCUT2D eigenvalue weighted by Crippen LogP contribution is -2.30. The molecule has 1 unspecified atom stereocenters. The van der Waals surface area contributed by atoms with Crippen molar-refractivity contribution in [1.82, 2.24) is 0 Å². The minimum atomic E-state index is -0.723. The van der Waals surface area contributed by atoms with Crippen LogP contribution in [0.3, 0.4) is 0 Å². The summed E-state index contributed by atoms with van der Waals surface area (Å²) in [4.78, 5) is 25.2. The zero-order valence-electron chi connectivity index (χ0n) is 13.7. The van der Waals surface area contributed by atoms with E-state index in [2.05, 4.69) is 5.32 Å². The minimum Gasteiger partial charge on any atom is -0.479 e. The van der Waals surface area contributed by atoms with E-state index < -0.39 is 6.10 Å². The van der Waals surface area contributed by atoms with E-state index in [1.165, 1.54) is 11.8 Å². The lowest BCUT2D eigenvalue weighted by molar-refractivity contribution is -0.122. The average molecular weight is 347 g/mol. The van der Waals surface area contributed by atoms with Gasteiger partial charge in [0.25, 0.3) is 5.91 Å². The van der Waals surface area contributed by atoms with Crippen LogP contribution >= 0.6 is 11.6 Å². The van der Waals surface area contributed by atoms with E-state index in [1.54, 1.807) is 62.5 Å². The fourth-order valence-corrected chi connectivity index (χ4v) is 2.18. The Morgan fingerprint density at radius 2 is 1.88 bits per heavy atom. The number of hydrogen-bond donors (Lipinski definition) is 1. The summed E-state index contributed by atoms with van der Waals surface area (Å²) < 4.78 is 5.59. The molecule has 2 amide bonds. The van der Waals surface area contributed by atoms with Crippen LogP contribution in [0.4, 0.5) is 11.4 Å². The van der Waals surface area contributed by atoms with Crippen LogP contribution in [0.5, 0.6) is 5.75 Å². The number of anilines is 2. The second-order valence-corrected chi connectivity index (χ2v) is 5.72. The summed E-state index contributed by atoms with van der Waals surface area (Å²) in [5, 5.41) is 3.22. The highest BCUT2D eigenvalue weighted by Gasteiger charge is 2.16. The van der Waals surface area contributed by atoms with Crippen LogP contribution in [0.2, 0.25) is 5.02 Å². The summed E-state index contributed by atoms with van der Waals surface area (Å²) >= 11 is 6.02. The summed E-state index contributed by atoms with van der Waals surface area (Å²) in [5.74, 6) is 0.0540. The van der Waals surface area contributed by atoms with E-state index >= 15 is 0 Å². The van der Waals surface area contributed by atoms with Gasteiger partial charge in [0, 0.05) is 25.3 Å². The minimum absolute atomic E-state index is 0.0890. The molecule has 0 aliphatic heterocycles. The highest BCUT2D eigenvalue weighted by atomic mass is 35.5. The van der Waals surface area contributed by atoms with Gasteiger partial charge in [-0.15, -0.1) is 0 Å². The smallest absolute Gasteiger partial charge is 0.265 e. The maximum Gasteiger partial charge on any atom is 0.265 e. The molecule has 2 aromatic carbocycles. The van der Waals surface area contributed by atoms with Gasteiger partial charge in [0.1, 0.15) is 5.75 Å². The third-order valence-corrected chi connectivity index (χ3v) is 3.80. The van der Waals surface area contributed by atoms with Gasteiger partial charge in [-0.3, -0.25) is 9.59 Å². The zero-order chi connectivity index (χ0) is 17.7. The molecule has 0 bridgehead atoms. The molecule has 0 aromatic heterocycles. The van der Waals surface area contributed by atoms with E-state index in [0.29, 0.717) is 22.1 Å². The highest BCUT2D eigenvalue weighted by molar-refractivity contribution is 6.32. The van der Waals surface area contributed by atoms with Crippen LogP contribution in [0.1, 0.15) is 13.8 Å². The van der Waals surface area contributed by atoms with Crippen molar-refractivity contribution in [3.05, 3.63) is 53.6 Å². The molecule has 24 heavy (non-hydrogen) atoms. The second-order valence-electron chi connectivity index (χ2n) is 5.31. The zero-order valence-corrected chi connectivity index (χ0v) is 14.5. The quantitative estimate of drug-likeness (QED) is 0.897. The van der Waals surface area contributed by atoms with E-state index in [-0.39, 0.29) is 11.8 Å².